The molecule has 7 heteroatoms. The molecule has 31 heavy (non-hydrogen) atoms. The van der Waals surface area contributed by atoms with E-state index < -0.39 is 0 Å². The number of hydrogen-bond donors (Lipinski definition) is 2. The van der Waals surface area contributed by atoms with Crippen molar-refractivity contribution in [1.82, 2.24) is 24.8 Å². The zero-order chi connectivity index (χ0) is 21.8. The van der Waals surface area contributed by atoms with E-state index in [0.717, 1.165) is 35.5 Å². The molecule has 1 saturated heterocycles. The van der Waals surface area contributed by atoms with Crippen LogP contribution in [0.15, 0.2) is 66.5 Å². The van der Waals surface area contributed by atoms with E-state index in [1.165, 1.54) is 12.8 Å². The van der Waals surface area contributed by atoms with Crippen molar-refractivity contribution in [2.45, 2.75) is 26.7 Å². The van der Waals surface area contributed by atoms with Crippen LogP contribution in [-0.2, 0) is 4.79 Å². The highest BCUT2D eigenvalue weighted by atomic mass is 16.1. The number of amides is 1. The van der Waals surface area contributed by atoms with Gasteiger partial charge in [-0.05, 0) is 63.1 Å². The highest BCUT2D eigenvalue weighted by molar-refractivity contribution is 6.06. The first-order chi connectivity index (χ1) is 15.0. The van der Waals surface area contributed by atoms with Crippen molar-refractivity contribution in [2.24, 2.45) is 0 Å². The summed E-state index contributed by atoms with van der Waals surface area (Å²) in [6, 6.07) is 7.40. The molecule has 7 nitrogen and oxygen atoms in total. The Morgan fingerprint density at radius 2 is 2.00 bits per heavy atom. The standard InChI is InChI=1S/C24H26N6O/c1-4-18(8-7-16(2)30-13-5-6-14-30)24(31)27-19-9-10-20-22(15-19)29-23(28-20)21-11-12-25-17(3)26-21/h4,7-12,15H,2,5-6,13-14H2,1,3H3,(H,27,31)(H,28,29)/b8-7-,18-4+. The monoisotopic (exact) mass is 414 g/mol. The molecule has 1 aliphatic rings. The van der Waals surface area contributed by atoms with Gasteiger partial charge in [0.05, 0.1) is 11.0 Å². The molecule has 4 rings (SSSR count). The summed E-state index contributed by atoms with van der Waals surface area (Å²) < 4.78 is 0. The largest absolute Gasteiger partial charge is 0.372 e. The summed E-state index contributed by atoms with van der Waals surface area (Å²) in [5.41, 5.74) is 4.58. The molecule has 0 aliphatic carbocycles. The molecule has 2 aromatic heterocycles. The van der Waals surface area contributed by atoms with Crippen LogP contribution in [0.4, 0.5) is 5.69 Å². The normalized spacial score (nSPS) is 14.5. The van der Waals surface area contributed by atoms with E-state index in [1.807, 2.05) is 50.3 Å². The number of carbonyl (C=O) groups excluding carboxylic acids is 1. The second-order valence-electron chi connectivity index (χ2n) is 7.52. The Labute approximate surface area is 181 Å². The van der Waals surface area contributed by atoms with Gasteiger partial charge in [-0.25, -0.2) is 15.0 Å². The van der Waals surface area contributed by atoms with Gasteiger partial charge < -0.3 is 15.2 Å². The number of nitrogens with zero attached hydrogens (tertiary/aromatic N) is 4. The van der Waals surface area contributed by atoms with Crippen LogP contribution >= 0.6 is 0 Å². The maximum atomic E-state index is 12.8. The molecule has 1 amide bonds. The van der Waals surface area contributed by atoms with E-state index in [4.69, 9.17) is 0 Å². The van der Waals surface area contributed by atoms with Gasteiger partial charge in [-0.1, -0.05) is 12.7 Å². The van der Waals surface area contributed by atoms with Crippen LogP contribution in [0.25, 0.3) is 22.6 Å². The molecule has 0 saturated carbocycles. The maximum absolute atomic E-state index is 12.8. The minimum absolute atomic E-state index is 0.168. The Balaban J connectivity index is 1.48. The third-order valence-corrected chi connectivity index (χ3v) is 5.30. The average molecular weight is 415 g/mol. The number of aryl methyl sites for hydroxylation is 1. The van der Waals surface area contributed by atoms with Crippen molar-refractivity contribution >= 4 is 22.6 Å². The van der Waals surface area contributed by atoms with Crippen molar-refractivity contribution in [3.63, 3.8) is 0 Å². The molecule has 0 atom stereocenters. The smallest absolute Gasteiger partial charge is 0.255 e. The topological polar surface area (TPSA) is 86.8 Å². The van der Waals surface area contributed by atoms with Crippen molar-refractivity contribution < 1.29 is 4.79 Å². The molecular formula is C24H26N6O. The fourth-order valence-electron chi connectivity index (χ4n) is 3.60. The van der Waals surface area contributed by atoms with Gasteiger partial charge in [0.15, 0.2) is 5.82 Å². The molecule has 1 fully saturated rings. The lowest BCUT2D eigenvalue weighted by molar-refractivity contribution is -0.112. The summed E-state index contributed by atoms with van der Waals surface area (Å²) in [5, 5.41) is 2.96. The van der Waals surface area contributed by atoms with Gasteiger partial charge in [-0.3, -0.25) is 4.79 Å². The van der Waals surface area contributed by atoms with Crippen LogP contribution in [0.2, 0.25) is 0 Å². The number of H-pyrrole nitrogens is 1. The predicted octanol–water partition coefficient (Wildman–Crippen LogP) is 4.38. The second kappa shape index (κ2) is 8.95. The van der Waals surface area contributed by atoms with E-state index in [2.05, 4.69) is 36.7 Å². The van der Waals surface area contributed by atoms with Gasteiger partial charge in [0.2, 0.25) is 0 Å². The third kappa shape index (κ3) is 4.71. The van der Waals surface area contributed by atoms with Crippen LogP contribution in [0, 0.1) is 6.92 Å². The van der Waals surface area contributed by atoms with Gasteiger partial charge in [-0.15, -0.1) is 0 Å². The SMILES string of the molecule is C=C(/C=C\C(=C/C)C(=O)Nc1ccc2nc(-c3ccnc(C)n3)[nH]c2c1)N1CCCC1. The molecule has 0 unspecified atom stereocenters. The fraction of sp³-hybridized carbons (Fsp3) is 0.250. The summed E-state index contributed by atoms with van der Waals surface area (Å²) >= 11 is 0. The molecular weight excluding hydrogens is 388 g/mol. The molecule has 0 bridgehead atoms. The first-order valence-corrected chi connectivity index (χ1v) is 10.4. The van der Waals surface area contributed by atoms with E-state index >= 15 is 0 Å². The maximum Gasteiger partial charge on any atom is 0.255 e. The summed E-state index contributed by atoms with van der Waals surface area (Å²) in [6.07, 6.45) is 9.62. The highest BCUT2D eigenvalue weighted by Crippen LogP contribution is 2.22. The molecule has 0 spiro atoms. The van der Waals surface area contributed by atoms with Gasteiger partial charge >= 0.3 is 0 Å². The van der Waals surface area contributed by atoms with E-state index in [1.54, 1.807) is 12.3 Å². The van der Waals surface area contributed by atoms with Crippen molar-refractivity contribution in [1.29, 1.82) is 0 Å². The molecule has 1 aromatic carbocycles. The number of nitrogens with one attached hydrogen (secondary N) is 2. The number of hydrogen-bond acceptors (Lipinski definition) is 5. The zero-order valence-corrected chi connectivity index (χ0v) is 17.9. The number of imidazole rings is 1. The summed E-state index contributed by atoms with van der Waals surface area (Å²) in [7, 11) is 0. The Morgan fingerprint density at radius 3 is 2.74 bits per heavy atom. The summed E-state index contributed by atoms with van der Waals surface area (Å²) in [6.45, 7) is 9.87. The molecule has 0 radical (unpaired) electrons. The molecule has 1 aliphatic heterocycles. The number of fused-ring (bicyclic) bond motifs is 1. The minimum Gasteiger partial charge on any atom is -0.372 e. The van der Waals surface area contributed by atoms with E-state index in [0.29, 0.717) is 22.9 Å². The summed E-state index contributed by atoms with van der Waals surface area (Å²) in [4.78, 5) is 31.4. The Bertz CT molecular complexity index is 1180. The number of aromatic amines is 1. The number of benzene rings is 1. The van der Waals surface area contributed by atoms with E-state index in [9.17, 15) is 4.79 Å². The van der Waals surface area contributed by atoms with Gasteiger partial charge in [-0.2, -0.15) is 0 Å². The van der Waals surface area contributed by atoms with Crippen molar-refractivity contribution in [3.8, 4) is 11.5 Å². The van der Waals surface area contributed by atoms with Crippen LogP contribution in [0.1, 0.15) is 25.6 Å². The zero-order valence-electron chi connectivity index (χ0n) is 17.9. The van der Waals surface area contributed by atoms with Gasteiger partial charge in [0.1, 0.15) is 11.5 Å². The first kappa shape index (κ1) is 20.5. The quantitative estimate of drug-likeness (QED) is 0.462. The second-order valence-corrected chi connectivity index (χ2v) is 7.52. The van der Waals surface area contributed by atoms with Gasteiger partial charge in [0, 0.05) is 36.2 Å². The molecule has 3 aromatic rings. The number of aromatic nitrogens is 4. The van der Waals surface area contributed by atoms with Crippen LogP contribution in [0.3, 0.4) is 0 Å². The molecule has 2 N–H and O–H groups in total. The fourth-order valence-corrected chi connectivity index (χ4v) is 3.60. The number of rotatable bonds is 6. The highest BCUT2D eigenvalue weighted by Gasteiger charge is 2.13. The lowest BCUT2D eigenvalue weighted by Gasteiger charge is -2.17. The Morgan fingerprint density at radius 1 is 1.19 bits per heavy atom. The number of likely N-dealkylation sites (tertiary alicyclic amines) is 1. The summed E-state index contributed by atoms with van der Waals surface area (Å²) in [5.74, 6) is 1.19. The third-order valence-electron chi connectivity index (χ3n) is 5.30. The number of anilines is 1. The van der Waals surface area contributed by atoms with Crippen molar-refractivity contribution in [3.05, 3.63) is 72.4 Å². The lowest BCUT2D eigenvalue weighted by atomic mass is 10.2. The van der Waals surface area contributed by atoms with Crippen LogP contribution in [-0.4, -0.2) is 43.8 Å². The first-order valence-electron chi connectivity index (χ1n) is 10.4. The number of allylic oxidation sites excluding steroid dienone is 2. The van der Waals surface area contributed by atoms with E-state index in [-0.39, 0.29) is 5.91 Å². The molecule has 158 valence electrons. The van der Waals surface area contributed by atoms with Crippen molar-refractivity contribution in [2.75, 3.05) is 18.4 Å². The lowest BCUT2D eigenvalue weighted by Crippen LogP contribution is -2.17. The average Bonchev–Trinajstić information content (AvgIpc) is 3.44. The predicted molar refractivity (Wildman–Crippen MR) is 123 cm³/mol. The molecule has 3 heterocycles. The van der Waals surface area contributed by atoms with Crippen LogP contribution < -0.4 is 5.32 Å². The number of carbonyl (C=O) groups is 1. The Kier molecular flexibility index (Phi) is 5.93. The Hall–Kier alpha value is -3.74. The minimum atomic E-state index is -0.168. The van der Waals surface area contributed by atoms with Gasteiger partial charge in [0.25, 0.3) is 5.91 Å². The van der Waals surface area contributed by atoms with Crippen LogP contribution in [0.5, 0.6) is 0 Å².